The maximum Gasteiger partial charge on any atom is 0.394 e. The molecule has 106 valence electrons. The van der Waals surface area contributed by atoms with Crippen molar-refractivity contribution < 1.29 is 30.5 Å². The van der Waals surface area contributed by atoms with E-state index >= 15 is 0 Å². The summed E-state index contributed by atoms with van der Waals surface area (Å²) in [6.07, 6.45) is 4.17. The smallest absolute Gasteiger partial charge is 0.349 e. The fraction of sp³-hybridized carbons (Fsp3) is 0.571. The second-order valence-electron chi connectivity index (χ2n) is 3.35. The van der Waals surface area contributed by atoms with Gasteiger partial charge in [0.25, 0.3) is 10.1 Å². The predicted molar refractivity (Wildman–Crippen MR) is 62.1 cm³/mol. The van der Waals surface area contributed by atoms with Crippen molar-refractivity contribution in [1.82, 2.24) is 9.97 Å². The van der Waals surface area contributed by atoms with E-state index in [1.807, 2.05) is 0 Å². The molecule has 9 nitrogen and oxygen atoms in total. The van der Waals surface area contributed by atoms with Crippen LogP contribution in [0.3, 0.4) is 0 Å². The van der Waals surface area contributed by atoms with Crippen LogP contribution < -0.4 is 0 Å². The van der Waals surface area contributed by atoms with Crippen LogP contribution in [0.15, 0.2) is 12.4 Å². The van der Waals surface area contributed by atoms with Gasteiger partial charge in [0.15, 0.2) is 0 Å². The first-order valence-electron chi connectivity index (χ1n) is 4.64. The fourth-order valence-electron chi connectivity index (χ4n) is 0.924. The maximum absolute atomic E-state index is 10.6. The largest absolute Gasteiger partial charge is 0.394 e. The highest BCUT2D eigenvalue weighted by atomic mass is 32.3. The molecule has 0 aliphatic heterocycles. The Hall–Kier alpha value is -1.01. The van der Waals surface area contributed by atoms with Crippen molar-refractivity contribution in [2.75, 3.05) is 0 Å². The number of hydrogen-bond acceptors (Lipinski definition) is 5. The number of rotatable bonds is 4. The van der Waals surface area contributed by atoms with Crippen molar-refractivity contribution >= 4 is 20.5 Å². The third kappa shape index (κ3) is 10.2. The number of aryl methyl sites for hydroxylation is 1. The van der Waals surface area contributed by atoms with Crippen LogP contribution in [0.4, 0.5) is 0 Å². The van der Waals surface area contributed by atoms with Crippen LogP contribution in [0.25, 0.3) is 0 Å². The van der Waals surface area contributed by atoms with Gasteiger partial charge in [0, 0.05) is 18.8 Å². The van der Waals surface area contributed by atoms with E-state index in [4.69, 9.17) is 22.1 Å². The number of aromatic amines is 1. The molecule has 18 heavy (non-hydrogen) atoms. The third-order valence-corrected chi connectivity index (χ3v) is 3.10. The first kappa shape index (κ1) is 17.0. The lowest BCUT2D eigenvalue weighted by molar-refractivity contribution is 0.381. The SMILES string of the molecule is CC(CCc1ncc[nH]1)S(=O)(=O)O.O=S(=O)(O)O. The van der Waals surface area contributed by atoms with Crippen molar-refractivity contribution in [2.24, 2.45) is 0 Å². The Morgan fingerprint density at radius 1 is 1.28 bits per heavy atom. The molecule has 4 N–H and O–H groups in total. The monoisotopic (exact) mass is 302 g/mol. The highest BCUT2D eigenvalue weighted by Gasteiger charge is 2.16. The van der Waals surface area contributed by atoms with Gasteiger partial charge in [-0.05, 0) is 13.3 Å². The van der Waals surface area contributed by atoms with Crippen molar-refractivity contribution in [3.8, 4) is 0 Å². The Morgan fingerprint density at radius 3 is 2.11 bits per heavy atom. The molecule has 0 saturated heterocycles. The molecule has 0 aliphatic carbocycles. The van der Waals surface area contributed by atoms with E-state index in [2.05, 4.69) is 9.97 Å². The zero-order valence-electron chi connectivity index (χ0n) is 9.38. The van der Waals surface area contributed by atoms with Crippen molar-refractivity contribution in [3.05, 3.63) is 18.2 Å². The molecule has 1 rings (SSSR count). The van der Waals surface area contributed by atoms with Gasteiger partial charge in [-0.1, -0.05) is 0 Å². The van der Waals surface area contributed by atoms with Gasteiger partial charge in [0.2, 0.25) is 0 Å². The fourth-order valence-corrected chi connectivity index (χ4v) is 1.34. The molecule has 0 aromatic carbocycles. The van der Waals surface area contributed by atoms with Crippen LogP contribution in [-0.2, 0) is 26.9 Å². The van der Waals surface area contributed by atoms with Gasteiger partial charge in [0.05, 0.1) is 5.25 Å². The molecular formula is C7H14N2O7S2. The van der Waals surface area contributed by atoms with Gasteiger partial charge in [0.1, 0.15) is 5.82 Å². The summed E-state index contributed by atoms with van der Waals surface area (Å²) >= 11 is 0. The first-order chi connectivity index (χ1) is 8.00. The summed E-state index contributed by atoms with van der Waals surface area (Å²) in [5.74, 6) is 0.732. The van der Waals surface area contributed by atoms with Gasteiger partial charge < -0.3 is 4.98 Å². The molecule has 1 unspecified atom stereocenters. The molecule has 0 aliphatic rings. The van der Waals surface area contributed by atoms with E-state index in [0.717, 1.165) is 5.82 Å². The maximum atomic E-state index is 10.6. The Bertz CT molecular complexity index is 526. The lowest BCUT2D eigenvalue weighted by Crippen LogP contribution is -2.17. The Morgan fingerprint density at radius 2 is 1.78 bits per heavy atom. The summed E-state index contributed by atoms with van der Waals surface area (Å²) in [5, 5.41) is -0.738. The molecule has 0 amide bonds. The van der Waals surface area contributed by atoms with E-state index in [9.17, 15) is 8.42 Å². The zero-order chi connectivity index (χ0) is 14.4. The summed E-state index contributed by atoms with van der Waals surface area (Å²) < 4.78 is 61.5. The standard InChI is InChI=1S/C7H12N2O3S.H2O4S/c1-6(13(10,11)12)2-3-7-8-4-5-9-7;1-5(2,3)4/h4-6H,2-3H2,1H3,(H,8,9)(H,10,11,12);(H2,1,2,3,4). The number of aromatic nitrogens is 2. The van der Waals surface area contributed by atoms with Gasteiger partial charge in [-0.2, -0.15) is 16.8 Å². The molecule has 0 bridgehead atoms. The average molecular weight is 302 g/mol. The Balaban J connectivity index is 0.000000494. The molecule has 1 aromatic rings. The number of hydrogen-bond donors (Lipinski definition) is 4. The summed E-state index contributed by atoms with van der Waals surface area (Å²) in [6.45, 7) is 1.47. The Kier molecular flexibility index (Phi) is 6.42. The van der Waals surface area contributed by atoms with Gasteiger partial charge in [-0.3, -0.25) is 13.7 Å². The van der Waals surface area contributed by atoms with Gasteiger partial charge >= 0.3 is 10.4 Å². The minimum Gasteiger partial charge on any atom is -0.349 e. The van der Waals surface area contributed by atoms with Crippen LogP contribution in [-0.4, -0.2) is 45.7 Å². The highest BCUT2D eigenvalue weighted by molar-refractivity contribution is 7.86. The van der Waals surface area contributed by atoms with Gasteiger partial charge in [-0.25, -0.2) is 4.98 Å². The van der Waals surface area contributed by atoms with Crippen LogP contribution >= 0.6 is 0 Å². The molecule has 1 atom stereocenters. The molecule has 0 saturated carbocycles. The lowest BCUT2D eigenvalue weighted by atomic mass is 10.2. The zero-order valence-corrected chi connectivity index (χ0v) is 11.0. The van der Waals surface area contributed by atoms with Crippen molar-refractivity contribution in [3.63, 3.8) is 0 Å². The molecule has 11 heteroatoms. The van der Waals surface area contributed by atoms with Crippen LogP contribution in [0.5, 0.6) is 0 Å². The van der Waals surface area contributed by atoms with E-state index in [1.165, 1.54) is 6.92 Å². The third-order valence-electron chi connectivity index (χ3n) is 1.85. The van der Waals surface area contributed by atoms with Crippen LogP contribution in [0, 0.1) is 0 Å². The molecular weight excluding hydrogens is 288 g/mol. The second-order valence-corrected chi connectivity index (χ2v) is 6.08. The number of nitrogens with one attached hydrogen (secondary N) is 1. The first-order valence-corrected chi connectivity index (χ1v) is 7.54. The van der Waals surface area contributed by atoms with Gasteiger partial charge in [-0.15, -0.1) is 0 Å². The van der Waals surface area contributed by atoms with E-state index in [0.29, 0.717) is 12.8 Å². The molecule has 0 spiro atoms. The van der Waals surface area contributed by atoms with Crippen molar-refractivity contribution in [2.45, 2.75) is 25.0 Å². The van der Waals surface area contributed by atoms with E-state index in [-0.39, 0.29) is 0 Å². The quantitative estimate of drug-likeness (QED) is 0.564. The second kappa shape index (κ2) is 6.80. The highest BCUT2D eigenvalue weighted by Crippen LogP contribution is 2.06. The van der Waals surface area contributed by atoms with Crippen LogP contribution in [0.2, 0.25) is 0 Å². The minimum absolute atomic E-state index is 0.367. The summed E-state index contributed by atoms with van der Waals surface area (Å²) in [6, 6.07) is 0. The van der Waals surface area contributed by atoms with Crippen molar-refractivity contribution in [1.29, 1.82) is 0 Å². The summed E-state index contributed by atoms with van der Waals surface area (Å²) in [7, 11) is -8.56. The molecule has 1 aromatic heterocycles. The molecule has 1 heterocycles. The lowest BCUT2D eigenvalue weighted by Gasteiger charge is -2.05. The van der Waals surface area contributed by atoms with Crippen LogP contribution in [0.1, 0.15) is 19.2 Å². The molecule has 0 fully saturated rings. The van der Waals surface area contributed by atoms with E-state index < -0.39 is 25.8 Å². The number of imidazole rings is 1. The minimum atomic E-state index is -4.67. The predicted octanol–water partition coefficient (Wildman–Crippen LogP) is -0.0342. The average Bonchev–Trinajstić information content (AvgIpc) is 2.61. The number of H-pyrrole nitrogens is 1. The summed E-state index contributed by atoms with van der Waals surface area (Å²) in [5.41, 5.74) is 0. The number of nitrogens with zero attached hydrogens (tertiary/aromatic N) is 1. The summed E-state index contributed by atoms with van der Waals surface area (Å²) in [4.78, 5) is 6.79. The normalized spacial score (nSPS) is 13.6. The Labute approximate surface area is 105 Å². The molecule has 0 radical (unpaired) electrons. The van der Waals surface area contributed by atoms with E-state index in [1.54, 1.807) is 12.4 Å². The topological polar surface area (TPSA) is 158 Å².